The highest BCUT2D eigenvalue weighted by Crippen LogP contribution is 2.38. The lowest BCUT2D eigenvalue weighted by molar-refractivity contribution is -0.137. The van der Waals surface area contributed by atoms with Crippen LogP contribution in [0.4, 0.5) is 18.9 Å². The first kappa shape index (κ1) is 15.5. The molecular weight excluding hydrogens is 285 g/mol. The zero-order chi connectivity index (χ0) is 16.0. The fourth-order valence-electron chi connectivity index (χ4n) is 2.34. The van der Waals surface area contributed by atoms with E-state index in [-0.39, 0.29) is 24.2 Å². The average molecular weight is 300 g/mol. The highest BCUT2D eigenvalue weighted by Gasteiger charge is 2.46. The fraction of sp³-hybridized carbons (Fsp3) is 0.429. The summed E-state index contributed by atoms with van der Waals surface area (Å²) in [6.45, 7) is 3.05. The monoisotopic (exact) mass is 300 g/mol. The Morgan fingerprint density at radius 1 is 1.29 bits per heavy atom. The second-order valence-corrected chi connectivity index (χ2v) is 5.64. The summed E-state index contributed by atoms with van der Waals surface area (Å²) < 4.78 is 38.1. The van der Waals surface area contributed by atoms with Gasteiger partial charge >= 0.3 is 6.18 Å². The number of hydrogen-bond acceptors (Lipinski definition) is 3. The van der Waals surface area contributed by atoms with Crippen molar-refractivity contribution in [3.63, 3.8) is 0 Å². The summed E-state index contributed by atoms with van der Waals surface area (Å²) in [5, 5.41) is 0. The normalized spacial score (nSPS) is 18.5. The number of anilines is 1. The molecule has 0 atom stereocenters. The number of hydrogen-bond donors (Lipinski definition) is 1. The lowest BCUT2D eigenvalue weighted by atomic mass is 9.92. The molecular formula is C14H15F3N2O2. The van der Waals surface area contributed by atoms with Crippen LogP contribution in [-0.2, 0) is 22.3 Å². The molecule has 2 N–H and O–H groups in total. The molecule has 2 amide bonds. The summed E-state index contributed by atoms with van der Waals surface area (Å²) in [7, 11) is 0. The third-order valence-corrected chi connectivity index (χ3v) is 3.49. The van der Waals surface area contributed by atoms with Crippen LogP contribution < -0.4 is 10.6 Å². The largest absolute Gasteiger partial charge is 0.416 e. The molecule has 1 fully saturated rings. The van der Waals surface area contributed by atoms with Crippen molar-refractivity contribution in [2.24, 2.45) is 11.1 Å². The number of halogens is 3. The van der Waals surface area contributed by atoms with Crippen LogP contribution in [0.25, 0.3) is 0 Å². The molecule has 1 saturated heterocycles. The lowest BCUT2D eigenvalue weighted by Crippen LogP contribution is -2.34. The second-order valence-electron chi connectivity index (χ2n) is 5.64. The quantitative estimate of drug-likeness (QED) is 0.853. The van der Waals surface area contributed by atoms with Crippen molar-refractivity contribution < 1.29 is 22.8 Å². The predicted molar refractivity (Wildman–Crippen MR) is 70.2 cm³/mol. The molecule has 0 unspecified atom stereocenters. The Labute approximate surface area is 119 Å². The molecule has 0 spiro atoms. The van der Waals surface area contributed by atoms with Gasteiger partial charge in [0.1, 0.15) is 0 Å². The predicted octanol–water partition coefficient (Wildman–Crippen LogP) is 2.45. The molecule has 0 aliphatic carbocycles. The summed E-state index contributed by atoms with van der Waals surface area (Å²) in [4.78, 5) is 25.2. The van der Waals surface area contributed by atoms with Gasteiger partial charge in [0.2, 0.25) is 11.8 Å². The van der Waals surface area contributed by atoms with Gasteiger partial charge < -0.3 is 5.73 Å². The molecule has 0 aromatic heterocycles. The van der Waals surface area contributed by atoms with Gasteiger partial charge in [-0.05, 0) is 23.8 Å². The molecule has 2 rings (SSSR count). The van der Waals surface area contributed by atoms with E-state index in [2.05, 4.69) is 0 Å². The lowest BCUT2D eigenvalue weighted by Gasteiger charge is -2.21. The van der Waals surface area contributed by atoms with Gasteiger partial charge in [0.25, 0.3) is 0 Å². The van der Waals surface area contributed by atoms with Crippen molar-refractivity contribution in [1.29, 1.82) is 0 Å². The number of amides is 2. The van der Waals surface area contributed by atoms with Gasteiger partial charge in [0.05, 0.1) is 16.7 Å². The highest BCUT2D eigenvalue weighted by molar-refractivity contribution is 6.22. The van der Waals surface area contributed by atoms with E-state index in [4.69, 9.17) is 5.73 Å². The van der Waals surface area contributed by atoms with Gasteiger partial charge in [-0.3, -0.25) is 9.59 Å². The average Bonchev–Trinajstić information content (AvgIpc) is 2.56. The molecule has 21 heavy (non-hydrogen) atoms. The number of alkyl halides is 3. The van der Waals surface area contributed by atoms with E-state index >= 15 is 0 Å². The van der Waals surface area contributed by atoms with E-state index < -0.39 is 29.0 Å². The minimum Gasteiger partial charge on any atom is -0.326 e. The third kappa shape index (κ3) is 2.65. The Morgan fingerprint density at radius 2 is 1.90 bits per heavy atom. The van der Waals surface area contributed by atoms with Crippen molar-refractivity contribution in [3.05, 3.63) is 29.3 Å². The maximum absolute atomic E-state index is 12.7. The minimum atomic E-state index is -4.50. The van der Waals surface area contributed by atoms with Crippen molar-refractivity contribution in [3.8, 4) is 0 Å². The van der Waals surface area contributed by atoms with E-state index in [0.717, 1.165) is 23.1 Å². The van der Waals surface area contributed by atoms with Crippen LogP contribution in [0.5, 0.6) is 0 Å². The third-order valence-electron chi connectivity index (χ3n) is 3.49. The van der Waals surface area contributed by atoms with Crippen LogP contribution in [0.1, 0.15) is 31.4 Å². The molecule has 1 aromatic carbocycles. The first-order valence-electron chi connectivity index (χ1n) is 6.35. The summed E-state index contributed by atoms with van der Waals surface area (Å²) in [6.07, 6.45) is -4.47. The van der Waals surface area contributed by atoms with Gasteiger partial charge in [0.15, 0.2) is 0 Å². The molecule has 1 heterocycles. The van der Waals surface area contributed by atoms with Gasteiger partial charge in [0, 0.05) is 13.0 Å². The smallest absolute Gasteiger partial charge is 0.326 e. The molecule has 7 heteroatoms. The molecule has 0 saturated carbocycles. The number of benzene rings is 1. The van der Waals surface area contributed by atoms with E-state index in [1.165, 1.54) is 0 Å². The van der Waals surface area contributed by atoms with Crippen LogP contribution >= 0.6 is 0 Å². The molecule has 0 radical (unpaired) electrons. The Balaban J connectivity index is 2.50. The molecule has 1 aromatic rings. The second kappa shape index (κ2) is 4.84. The Hall–Kier alpha value is -1.89. The molecule has 1 aliphatic heterocycles. The molecule has 4 nitrogen and oxygen atoms in total. The van der Waals surface area contributed by atoms with Crippen molar-refractivity contribution in [2.45, 2.75) is 33.0 Å². The van der Waals surface area contributed by atoms with Crippen molar-refractivity contribution in [1.82, 2.24) is 0 Å². The Bertz CT molecular complexity index is 609. The van der Waals surface area contributed by atoms with Crippen LogP contribution in [0.15, 0.2) is 18.2 Å². The maximum Gasteiger partial charge on any atom is 0.416 e. The van der Waals surface area contributed by atoms with E-state index in [1.54, 1.807) is 13.8 Å². The van der Waals surface area contributed by atoms with Gasteiger partial charge in [-0.2, -0.15) is 13.2 Å². The Morgan fingerprint density at radius 3 is 2.33 bits per heavy atom. The van der Waals surface area contributed by atoms with Gasteiger partial charge in [-0.15, -0.1) is 0 Å². The number of carbonyl (C=O) groups is 2. The molecule has 0 bridgehead atoms. The fourth-order valence-corrected chi connectivity index (χ4v) is 2.34. The van der Waals surface area contributed by atoms with Gasteiger partial charge in [-0.1, -0.05) is 13.8 Å². The van der Waals surface area contributed by atoms with Crippen LogP contribution in [0.3, 0.4) is 0 Å². The zero-order valence-corrected chi connectivity index (χ0v) is 11.6. The standard InChI is InChI=1S/C14H15F3N2O2/c1-13(2)6-11(20)19(12(13)21)10-4-3-9(14(15,16)17)5-8(10)7-18/h3-5H,6-7,18H2,1-2H3. The maximum atomic E-state index is 12.7. The summed E-state index contributed by atoms with van der Waals surface area (Å²) in [5.41, 5.74) is 4.01. The summed E-state index contributed by atoms with van der Waals surface area (Å²) in [5.74, 6) is -0.860. The topological polar surface area (TPSA) is 63.4 Å². The number of nitrogens with two attached hydrogens (primary N) is 1. The Kier molecular flexibility index (Phi) is 3.57. The number of imide groups is 1. The summed E-state index contributed by atoms with van der Waals surface area (Å²) in [6, 6.07) is 2.85. The summed E-state index contributed by atoms with van der Waals surface area (Å²) >= 11 is 0. The minimum absolute atomic E-state index is 0.0247. The first-order valence-corrected chi connectivity index (χ1v) is 6.35. The van der Waals surface area contributed by atoms with Crippen LogP contribution in [0, 0.1) is 5.41 Å². The van der Waals surface area contributed by atoms with Gasteiger partial charge in [-0.25, -0.2) is 4.90 Å². The molecule has 114 valence electrons. The number of nitrogens with zero attached hydrogens (tertiary/aromatic N) is 1. The van der Waals surface area contributed by atoms with Crippen LogP contribution in [-0.4, -0.2) is 11.8 Å². The first-order chi connectivity index (χ1) is 9.58. The molecule has 1 aliphatic rings. The van der Waals surface area contributed by atoms with E-state index in [1.807, 2.05) is 0 Å². The van der Waals surface area contributed by atoms with E-state index in [9.17, 15) is 22.8 Å². The van der Waals surface area contributed by atoms with Crippen molar-refractivity contribution in [2.75, 3.05) is 4.90 Å². The SMILES string of the molecule is CC1(C)CC(=O)N(c2ccc(C(F)(F)F)cc2CN)C1=O. The van der Waals surface area contributed by atoms with Crippen LogP contribution in [0.2, 0.25) is 0 Å². The highest BCUT2D eigenvalue weighted by atomic mass is 19.4. The zero-order valence-electron chi connectivity index (χ0n) is 11.6. The number of carbonyl (C=O) groups excluding carboxylic acids is 2. The van der Waals surface area contributed by atoms with E-state index in [0.29, 0.717) is 0 Å². The number of rotatable bonds is 2. The van der Waals surface area contributed by atoms with Crippen molar-refractivity contribution >= 4 is 17.5 Å².